The van der Waals surface area contributed by atoms with Crippen molar-refractivity contribution in [2.45, 2.75) is 32.4 Å². The maximum Gasteiger partial charge on any atom is 0.0794 e. The predicted octanol–water partition coefficient (Wildman–Crippen LogP) is 1.81. The minimum atomic E-state index is -0.0457. The third-order valence-electron chi connectivity index (χ3n) is 3.12. The van der Waals surface area contributed by atoms with Crippen molar-refractivity contribution in [1.82, 2.24) is 4.98 Å². The van der Waals surface area contributed by atoms with Crippen LogP contribution in [-0.2, 0) is 4.74 Å². The van der Waals surface area contributed by atoms with E-state index in [0.717, 1.165) is 24.3 Å². The molecule has 0 bridgehead atoms. The van der Waals surface area contributed by atoms with Gasteiger partial charge in [-0.2, -0.15) is 0 Å². The van der Waals surface area contributed by atoms with E-state index in [0.29, 0.717) is 5.92 Å². The van der Waals surface area contributed by atoms with Crippen LogP contribution in [0, 0.1) is 12.8 Å². The zero-order valence-corrected chi connectivity index (χ0v) is 9.31. The van der Waals surface area contributed by atoms with E-state index in [4.69, 9.17) is 10.5 Å². The second-order valence-electron chi connectivity index (χ2n) is 4.36. The van der Waals surface area contributed by atoms with Gasteiger partial charge in [0.2, 0.25) is 0 Å². The number of hydrogen-bond donors (Lipinski definition) is 1. The van der Waals surface area contributed by atoms with Crippen molar-refractivity contribution >= 4 is 0 Å². The minimum Gasteiger partial charge on any atom is -0.376 e. The average Bonchev–Trinajstić information content (AvgIpc) is 2.65. The summed E-state index contributed by atoms with van der Waals surface area (Å²) in [6.45, 7) is 5.00. The van der Waals surface area contributed by atoms with Crippen LogP contribution in [0.2, 0.25) is 0 Å². The van der Waals surface area contributed by atoms with Gasteiger partial charge in [-0.05, 0) is 30.9 Å². The second-order valence-corrected chi connectivity index (χ2v) is 4.36. The van der Waals surface area contributed by atoms with Crippen LogP contribution in [0.15, 0.2) is 18.3 Å². The fourth-order valence-electron chi connectivity index (χ4n) is 2.04. The molecule has 3 heteroatoms. The molecule has 2 N–H and O–H groups in total. The zero-order valence-electron chi connectivity index (χ0n) is 9.31. The third kappa shape index (κ3) is 2.19. The summed E-state index contributed by atoms with van der Waals surface area (Å²) in [6.07, 6.45) is 3.11. The van der Waals surface area contributed by atoms with Crippen molar-refractivity contribution in [3.63, 3.8) is 0 Å². The fourth-order valence-corrected chi connectivity index (χ4v) is 2.04. The second kappa shape index (κ2) is 4.29. The Balaban J connectivity index is 2.13. The van der Waals surface area contributed by atoms with Crippen LogP contribution in [0.1, 0.15) is 30.6 Å². The van der Waals surface area contributed by atoms with Gasteiger partial charge in [-0.3, -0.25) is 4.98 Å². The van der Waals surface area contributed by atoms with E-state index in [2.05, 4.69) is 11.9 Å². The van der Waals surface area contributed by atoms with Gasteiger partial charge < -0.3 is 10.5 Å². The molecule has 2 heterocycles. The number of nitrogens with zero attached hydrogens (tertiary/aromatic N) is 1. The maximum atomic E-state index is 6.18. The Morgan fingerprint density at radius 1 is 1.53 bits per heavy atom. The van der Waals surface area contributed by atoms with Crippen LogP contribution in [0.25, 0.3) is 0 Å². The summed E-state index contributed by atoms with van der Waals surface area (Å²) < 4.78 is 5.66. The van der Waals surface area contributed by atoms with Gasteiger partial charge >= 0.3 is 0 Å². The van der Waals surface area contributed by atoms with Gasteiger partial charge in [-0.15, -0.1) is 0 Å². The van der Waals surface area contributed by atoms with E-state index in [-0.39, 0.29) is 12.1 Å². The lowest BCUT2D eigenvalue weighted by Gasteiger charge is -2.22. The Bertz CT molecular complexity index is 323. The summed E-state index contributed by atoms with van der Waals surface area (Å²) in [6, 6.07) is 3.99. The fraction of sp³-hybridized carbons (Fsp3) is 0.583. The van der Waals surface area contributed by atoms with Crippen molar-refractivity contribution in [2.75, 3.05) is 6.61 Å². The normalized spacial score (nSPS) is 27.9. The topological polar surface area (TPSA) is 48.1 Å². The Kier molecular flexibility index (Phi) is 3.03. The van der Waals surface area contributed by atoms with Gasteiger partial charge in [0.1, 0.15) is 0 Å². The SMILES string of the molecule is Cc1ccc(C(N)C2OCCC2C)cn1. The van der Waals surface area contributed by atoms with Gasteiger partial charge in [-0.1, -0.05) is 13.0 Å². The van der Waals surface area contributed by atoms with Crippen LogP contribution in [-0.4, -0.2) is 17.7 Å². The molecule has 82 valence electrons. The Labute approximate surface area is 90.7 Å². The molecule has 15 heavy (non-hydrogen) atoms. The van der Waals surface area contributed by atoms with E-state index in [1.807, 2.05) is 25.3 Å². The molecule has 0 aliphatic carbocycles. The van der Waals surface area contributed by atoms with Crippen LogP contribution in [0.4, 0.5) is 0 Å². The summed E-state index contributed by atoms with van der Waals surface area (Å²) in [5.41, 5.74) is 8.26. The Hall–Kier alpha value is -0.930. The molecule has 0 radical (unpaired) electrons. The number of aryl methyl sites for hydroxylation is 1. The summed E-state index contributed by atoms with van der Waals surface area (Å²) in [4.78, 5) is 4.26. The summed E-state index contributed by atoms with van der Waals surface area (Å²) in [5.74, 6) is 0.543. The number of rotatable bonds is 2. The maximum absolute atomic E-state index is 6.18. The molecule has 1 aliphatic rings. The van der Waals surface area contributed by atoms with Gasteiger partial charge in [0, 0.05) is 18.5 Å². The highest BCUT2D eigenvalue weighted by molar-refractivity contribution is 5.18. The molecule has 1 saturated heterocycles. The molecule has 1 fully saturated rings. The minimum absolute atomic E-state index is 0.0457. The monoisotopic (exact) mass is 206 g/mol. The van der Waals surface area contributed by atoms with Crippen molar-refractivity contribution in [2.24, 2.45) is 11.7 Å². The van der Waals surface area contributed by atoms with Gasteiger partial charge in [-0.25, -0.2) is 0 Å². The van der Waals surface area contributed by atoms with Crippen LogP contribution < -0.4 is 5.73 Å². The highest BCUT2D eigenvalue weighted by Gasteiger charge is 2.30. The summed E-state index contributed by atoms with van der Waals surface area (Å²) in [7, 11) is 0. The molecule has 0 aromatic carbocycles. The first kappa shape index (κ1) is 10.6. The predicted molar refractivity (Wildman–Crippen MR) is 59.4 cm³/mol. The summed E-state index contributed by atoms with van der Waals surface area (Å²) >= 11 is 0. The molecule has 0 saturated carbocycles. The third-order valence-corrected chi connectivity index (χ3v) is 3.12. The molecule has 1 aromatic heterocycles. The first-order valence-electron chi connectivity index (χ1n) is 5.48. The molecule has 2 rings (SSSR count). The van der Waals surface area contributed by atoms with Crippen molar-refractivity contribution < 1.29 is 4.74 Å². The average molecular weight is 206 g/mol. The Morgan fingerprint density at radius 3 is 2.87 bits per heavy atom. The van der Waals surface area contributed by atoms with E-state index >= 15 is 0 Å². The number of nitrogens with two attached hydrogens (primary N) is 1. The van der Waals surface area contributed by atoms with E-state index in [1.165, 1.54) is 0 Å². The molecule has 3 atom stereocenters. The number of ether oxygens (including phenoxy) is 1. The first-order chi connectivity index (χ1) is 7.18. The molecule has 3 nitrogen and oxygen atoms in total. The lowest BCUT2D eigenvalue weighted by atomic mass is 9.94. The summed E-state index contributed by atoms with van der Waals surface area (Å²) in [5, 5.41) is 0. The number of pyridine rings is 1. The quantitative estimate of drug-likeness (QED) is 0.803. The molecule has 1 aromatic rings. The highest BCUT2D eigenvalue weighted by Crippen LogP contribution is 2.29. The van der Waals surface area contributed by atoms with Crippen LogP contribution >= 0.6 is 0 Å². The number of aromatic nitrogens is 1. The molecule has 0 amide bonds. The van der Waals surface area contributed by atoms with Crippen molar-refractivity contribution in [3.05, 3.63) is 29.6 Å². The standard InChI is InChI=1S/C12H18N2O/c1-8-5-6-15-12(8)11(13)10-4-3-9(2)14-7-10/h3-4,7-8,11-12H,5-6,13H2,1-2H3. The molecule has 3 unspecified atom stereocenters. The lowest BCUT2D eigenvalue weighted by Crippen LogP contribution is -2.29. The van der Waals surface area contributed by atoms with E-state index < -0.39 is 0 Å². The van der Waals surface area contributed by atoms with Gasteiger partial charge in [0.25, 0.3) is 0 Å². The van der Waals surface area contributed by atoms with Crippen molar-refractivity contribution in [1.29, 1.82) is 0 Å². The number of hydrogen-bond acceptors (Lipinski definition) is 3. The van der Waals surface area contributed by atoms with Crippen LogP contribution in [0.3, 0.4) is 0 Å². The van der Waals surface area contributed by atoms with Crippen LogP contribution in [0.5, 0.6) is 0 Å². The molecular weight excluding hydrogens is 188 g/mol. The molecule has 0 spiro atoms. The zero-order chi connectivity index (χ0) is 10.8. The van der Waals surface area contributed by atoms with E-state index in [1.54, 1.807) is 0 Å². The van der Waals surface area contributed by atoms with Gasteiger partial charge in [0.05, 0.1) is 12.1 Å². The van der Waals surface area contributed by atoms with Gasteiger partial charge in [0.15, 0.2) is 0 Å². The smallest absolute Gasteiger partial charge is 0.0794 e. The van der Waals surface area contributed by atoms with Crippen molar-refractivity contribution in [3.8, 4) is 0 Å². The lowest BCUT2D eigenvalue weighted by molar-refractivity contribution is 0.0724. The largest absolute Gasteiger partial charge is 0.376 e. The first-order valence-corrected chi connectivity index (χ1v) is 5.48. The highest BCUT2D eigenvalue weighted by atomic mass is 16.5. The van der Waals surface area contributed by atoms with E-state index in [9.17, 15) is 0 Å². The molecule has 1 aliphatic heterocycles. The Morgan fingerprint density at radius 2 is 2.33 bits per heavy atom. The molecular formula is C12H18N2O.